The van der Waals surface area contributed by atoms with E-state index in [1.54, 1.807) is 23.4 Å². The minimum Gasteiger partial charge on any atom is -0.497 e. The highest BCUT2D eigenvalue weighted by Crippen LogP contribution is 2.20. The van der Waals surface area contributed by atoms with Crippen LogP contribution in [0.1, 0.15) is 17.0 Å². The zero-order valence-corrected chi connectivity index (χ0v) is 16.1. The lowest BCUT2D eigenvalue weighted by Gasteiger charge is -2.11. The molecule has 0 atom stereocenters. The maximum absolute atomic E-state index is 12.6. The Balaban J connectivity index is 2.02. The lowest BCUT2D eigenvalue weighted by Crippen LogP contribution is -2.29. The van der Waals surface area contributed by atoms with Crippen molar-refractivity contribution in [3.05, 3.63) is 68.1 Å². The van der Waals surface area contributed by atoms with Gasteiger partial charge in [-0.2, -0.15) is 10.1 Å². The molecular formula is C19H20N6O3. The van der Waals surface area contributed by atoms with Gasteiger partial charge in [-0.1, -0.05) is 12.1 Å². The number of aromatic nitrogens is 6. The number of rotatable bonds is 4. The molecule has 0 aliphatic carbocycles. The van der Waals surface area contributed by atoms with Crippen molar-refractivity contribution in [2.45, 2.75) is 20.4 Å². The number of hydrogen-bond acceptors (Lipinski definition) is 5. The van der Waals surface area contributed by atoms with Gasteiger partial charge in [-0.05, 0) is 37.6 Å². The highest BCUT2D eigenvalue weighted by molar-refractivity contribution is 5.72. The molecule has 4 rings (SSSR count). The number of fused-ring (bicyclic) bond motifs is 1. The zero-order valence-electron chi connectivity index (χ0n) is 16.1. The Hall–Kier alpha value is -3.62. The fraction of sp³-hybridized carbons (Fsp3) is 0.263. The summed E-state index contributed by atoms with van der Waals surface area (Å²) >= 11 is 0. The van der Waals surface area contributed by atoms with Crippen LogP contribution in [0.2, 0.25) is 0 Å². The number of hydrogen-bond donors (Lipinski definition) is 1. The highest BCUT2D eigenvalue weighted by Gasteiger charge is 2.20. The largest absolute Gasteiger partial charge is 0.497 e. The van der Waals surface area contributed by atoms with Crippen LogP contribution in [0.5, 0.6) is 5.75 Å². The zero-order chi connectivity index (χ0) is 20.0. The lowest BCUT2D eigenvalue weighted by molar-refractivity contribution is 0.414. The molecule has 0 aliphatic rings. The summed E-state index contributed by atoms with van der Waals surface area (Å²) in [4.78, 5) is 31.6. The number of aromatic amines is 1. The summed E-state index contributed by atoms with van der Waals surface area (Å²) in [5.41, 5.74) is 2.26. The van der Waals surface area contributed by atoms with Gasteiger partial charge in [0, 0.05) is 12.7 Å². The Bertz CT molecular complexity index is 1310. The van der Waals surface area contributed by atoms with Crippen molar-refractivity contribution in [1.82, 2.24) is 28.9 Å². The Morgan fingerprint density at radius 1 is 1.18 bits per heavy atom. The first-order valence-electron chi connectivity index (χ1n) is 8.75. The second kappa shape index (κ2) is 6.52. The minimum absolute atomic E-state index is 0.305. The molecule has 0 fully saturated rings. The van der Waals surface area contributed by atoms with Crippen LogP contribution in [0.4, 0.5) is 0 Å². The van der Waals surface area contributed by atoms with Crippen LogP contribution in [-0.2, 0) is 13.6 Å². The molecule has 28 heavy (non-hydrogen) atoms. The van der Waals surface area contributed by atoms with Gasteiger partial charge in [-0.15, -0.1) is 0 Å². The van der Waals surface area contributed by atoms with Gasteiger partial charge < -0.3 is 4.74 Å². The predicted molar refractivity (Wildman–Crippen MR) is 104 cm³/mol. The third-order valence-corrected chi connectivity index (χ3v) is 4.66. The van der Waals surface area contributed by atoms with Crippen molar-refractivity contribution in [2.75, 3.05) is 7.11 Å². The van der Waals surface area contributed by atoms with Crippen LogP contribution < -0.4 is 16.0 Å². The maximum Gasteiger partial charge on any atom is 0.329 e. The molecule has 144 valence electrons. The summed E-state index contributed by atoms with van der Waals surface area (Å²) in [7, 11) is 3.18. The van der Waals surface area contributed by atoms with Crippen molar-refractivity contribution in [3.63, 3.8) is 0 Å². The third-order valence-electron chi connectivity index (χ3n) is 4.66. The van der Waals surface area contributed by atoms with Crippen LogP contribution in [0.25, 0.3) is 17.1 Å². The molecule has 0 unspecified atom stereocenters. The van der Waals surface area contributed by atoms with E-state index in [4.69, 9.17) is 4.74 Å². The first kappa shape index (κ1) is 17.8. The number of imidazole rings is 1. The molecule has 0 bridgehead atoms. The van der Waals surface area contributed by atoms with E-state index in [1.165, 1.54) is 4.57 Å². The molecule has 9 heteroatoms. The van der Waals surface area contributed by atoms with Gasteiger partial charge >= 0.3 is 5.69 Å². The number of benzene rings is 1. The molecule has 9 nitrogen and oxygen atoms in total. The van der Waals surface area contributed by atoms with Gasteiger partial charge in [0.25, 0.3) is 5.56 Å². The third kappa shape index (κ3) is 2.81. The fourth-order valence-corrected chi connectivity index (χ4v) is 3.32. The van der Waals surface area contributed by atoms with E-state index in [0.717, 1.165) is 22.7 Å². The van der Waals surface area contributed by atoms with Gasteiger partial charge in [0.05, 0.1) is 19.3 Å². The van der Waals surface area contributed by atoms with Crippen LogP contribution in [-0.4, -0.2) is 36.0 Å². The van der Waals surface area contributed by atoms with Gasteiger partial charge in [-0.25, -0.2) is 9.48 Å². The van der Waals surface area contributed by atoms with Crippen LogP contribution in [0.15, 0.2) is 39.9 Å². The highest BCUT2D eigenvalue weighted by atomic mass is 16.5. The molecule has 0 aliphatic heterocycles. The standard InChI is InChI=1S/C19H20N6O3/c1-11-8-12(2)25(22-11)18-20-16-15(17(26)21-19(27)23(16)3)24(18)10-13-6-5-7-14(9-13)28-4/h5-9H,10H2,1-4H3,(H,21,26,27). The van der Waals surface area contributed by atoms with E-state index >= 15 is 0 Å². The molecule has 0 radical (unpaired) electrons. The molecule has 0 amide bonds. The van der Waals surface area contributed by atoms with Crippen molar-refractivity contribution >= 4 is 11.2 Å². The summed E-state index contributed by atoms with van der Waals surface area (Å²) in [6.45, 7) is 4.17. The summed E-state index contributed by atoms with van der Waals surface area (Å²) < 4.78 is 10.1. The van der Waals surface area contributed by atoms with Crippen molar-refractivity contribution < 1.29 is 4.74 Å². The molecule has 0 spiro atoms. The van der Waals surface area contributed by atoms with Crippen molar-refractivity contribution in [2.24, 2.45) is 7.05 Å². The Morgan fingerprint density at radius 3 is 2.64 bits per heavy atom. The van der Waals surface area contributed by atoms with Crippen molar-refractivity contribution in [1.29, 1.82) is 0 Å². The average molecular weight is 380 g/mol. The summed E-state index contributed by atoms with van der Waals surface area (Å²) in [6, 6.07) is 9.51. The second-order valence-electron chi connectivity index (χ2n) is 6.68. The number of nitrogens with one attached hydrogen (secondary N) is 1. The quantitative estimate of drug-likeness (QED) is 0.575. The number of nitrogens with zero attached hydrogens (tertiary/aromatic N) is 5. The molecule has 0 saturated carbocycles. The molecule has 1 N–H and O–H groups in total. The fourth-order valence-electron chi connectivity index (χ4n) is 3.32. The maximum atomic E-state index is 12.6. The van der Waals surface area contributed by atoms with Gasteiger partial charge in [0.1, 0.15) is 5.75 Å². The number of methoxy groups -OCH3 is 1. The monoisotopic (exact) mass is 380 g/mol. The van der Waals surface area contributed by atoms with Gasteiger partial charge in [-0.3, -0.25) is 18.9 Å². The van der Waals surface area contributed by atoms with E-state index in [9.17, 15) is 9.59 Å². The van der Waals surface area contributed by atoms with E-state index in [-0.39, 0.29) is 0 Å². The summed E-state index contributed by atoms with van der Waals surface area (Å²) in [5, 5.41) is 4.50. The molecule has 0 saturated heterocycles. The predicted octanol–water partition coefficient (Wildman–Crippen LogP) is 1.28. The molecule has 1 aromatic carbocycles. The number of ether oxygens (including phenoxy) is 1. The Morgan fingerprint density at radius 2 is 1.96 bits per heavy atom. The number of aryl methyl sites for hydroxylation is 3. The normalized spacial score (nSPS) is 11.3. The van der Waals surface area contributed by atoms with E-state index in [1.807, 2.05) is 44.2 Å². The average Bonchev–Trinajstić information content (AvgIpc) is 3.19. The van der Waals surface area contributed by atoms with Crippen LogP contribution in [0, 0.1) is 13.8 Å². The van der Waals surface area contributed by atoms with E-state index in [2.05, 4.69) is 15.1 Å². The molecule has 3 aromatic heterocycles. The first-order chi connectivity index (χ1) is 13.4. The molecule has 3 heterocycles. The SMILES string of the molecule is COc1cccc(Cn2c(-n3nc(C)cc3C)nc3c2c(=O)[nH]c(=O)n3C)c1. The van der Waals surface area contributed by atoms with Crippen LogP contribution in [0.3, 0.4) is 0 Å². The Kier molecular flexibility index (Phi) is 4.14. The van der Waals surface area contributed by atoms with E-state index < -0.39 is 11.2 Å². The summed E-state index contributed by atoms with van der Waals surface area (Å²) in [6.07, 6.45) is 0. The summed E-state index contributed by atoms with van der Waals surface area (Å²) in [5.74, 6) is 1.19. The van der Waals surface area contributed by atoms with Crippen LogP contribution >= 0.6 is 0 Å². The van der Waals surface area contributed by atoms with Crippen molar-refractivity contribution in [3.8, 4) is 11.7 Å². The minimum atomic E-state index is -0.511. The Labute approximate surface area is 159 Å². The van der Waals surface area contributed by atoms with Gasteiger partial charge in [0.2, 0.25) is 5.95 Å². The first-order valence-corrected chi connectivity index (χ1v) is 8.75. The topological polar surface area (TPSA) is 99.7 Å². The molecular weight excluding hydrogens is 360 g/mol. The number of H-pyrrole nitrogens is 1. The smallest absolute Gasteiger partial charge is 0.329 e. The van der Waals surface area contributed by atoms with E-state index in [0.29, 0.717) is 23.7 Å². The molecule has 4 aromatic rings. The second-order valence-corrected chi connectivity index (χ2v) is 6.68. The van der Waals surface area contributed by atoms with Gasteiger partial charge in [0.15, 0.2) is 11.2 Å². The lowest BCUT2D eigenvalue weighted by atomic mass is 10.2.